The maximum Gasteiger partial charge on any atom is 0.150 e. The smallest absolute Gasteiger partial charge is 0.150 e. The SMILES string of the molecule is CCC[C@H](NS(=O)C(C)(C)C)c1cccc(-c2ccc3cnn([C@H]4CCCCO4)c3c2)n1. The zero-order valence-electron chi connectivity index (χ0n) is 19.5. The predicted octanol–water partition coefficient (Wildman–Crippen LogP) is 5.69. The van der Waals surface area contributed by atoms with Gasteiger partial charge in [-0.2, -0.15) is 5.10 Å². The highest BCUT2D eigenvalue weighted by Crippen LogP contribution is 2.30. The number of pyridine rings is 1. The topological polar surface area (TPSA) is 69.0 Å². The second kappa shape index (κ2) is 9.81. The van der Waals surface area contributed by atoms with Crippen LogP contribution < -0.4 is 4.72 Å². The molecule has 1 aliphatic heterocycles. The Morgan fingerprint density at radius 3 is 2.81 bits per heavy atom. The minimum Gasteiger partial charge on any atom is -0.356 e. The monoisotopic (exact) mass is 454 g/mol. The fraction of sp³-hybridized carbons (Fsp3) is 0.520. The minimum atomic E-state index is -1.16. The van der Waals surface area contributed by atoms with E-state index in [0.717, 1.165) is 66.6 Å². The van der Waals surface area contributed by atoms with Gasteiger partial charge in [-0.25, -0.2) is 13.6 Å². The van der Waals surface area contributed by atoms with Crippen molar-refractivity contribution in [3.05, 3.63) is 48.3 Å². The molecule has 1 saturated heterocycles. The van der Waals surface area contributed by atoms with Crippen molar-refractivity contribution in [3.63, 3.8) is 0 Å². The van der Waals surface area contributed by atoms with E-state index in [4.69, 9.17) is 9.72 Å². The summed E-state index contributed by atoms with van der Waals surface area (Å²) in [5.41, 5.74) is 3.94. The van der Waals surface area contributed by atoms with Crippen molar-refractivity contribution >= 4 is 21.9 Å². The molecule has 0 aliphatic carbocycles. The van der Waals surface area contributed by atoms with Gasteiger partial charge >= 0.3 is 0 Å². The zero-order valence-corrected chi connectivity index (χ0v) is 20.3. The molecule has 3 aromatic rings. The average Bonchev–Trinajstić information content (AvgIpc) is 3.22. The van der Waals surface area contributed by atoms with Crippen LogP contribution >= 0.6 is 0 Å². The van der Waals surface area contributed by atoms with Gasteiger partial charge in [0.05, 0.1) is 44.9 Å². The standard InChI is InChI=1S/C25H34N4O2S/c1-5-9-22(28-32(30)25(2,3)4)21-11-8-10-20(27-21)18-13-14-19-17-26-29(23(19)16-18)24-12-6-7-15-31-24/h8,10-11,13-14,16-17,22,24,28H,5-7,9,12,15H2,1-4H3/t22-,24+,32?/m0/s1. The third-order valence-electron chi connectivity index (χ3n) is 5.83. The first kappa shape index (κ1) is 23.1. The summed E-state index contributed by atoms with van der Waals surface area (Å²) in [6, 6.07) is 12.4. The first-order chi connectivity index (χ1) is 15.4. The van der Waals surface area contributed by atoms with Crippen LogP contribution in [0.25, 0.3) is 22.2 Å². The number of nitrogens with one attached hydrogen (secondary N) is 1. The Morgan fingerprint density at radius 1 is 1.25 bits per heavy atom. The van der Waals surface area contributed by atoms with E-state index < -0.39 is 11.0 Å². The van der Waals surface area contributed by atoms with E-state index >= 15 is 0 Å². The van der Waals surface area contributed by atoms with E-state index in [0.29, 0.717) is 0 Å². The molecule has 0 saturated carbocycles. The number of aromatic nitrogens is 3. The molecule has 1 N–H and O–H groups in total. The van der Waals surface area contributed by atoms with Crippen LogP contribution in [0.1, 0.15) is 77.8 Å². The molecule has 2 aromatic heterocycles. The number of ether oxygens (including phenoxy) is 1. The number of hydrogen-bond acceptors (Lipinski definition) is 4. The lowest BCUT2D eigenvalue weighted by Crippen LogP contribution is -2.36. The third-order valence-corrected chi connectivity index (χ3v) is 7.44. The molecule has 7 heteroatoms. The van der Waals surface area contributed by atoms with E-state index in [1.807, 2.05) is 49.8 Å². The second-order valence-corrected chi connectivity index (χ2v) is 11.5. The van der Waals surface area contributed by atoms with Crippen molar-refractivity contribution in [3.8, 4) is 11.3 Å². The molecule has 3 atom stereocenters. The van der Waals surface area contributed by atoms with Crippen LogP contribution in [0.3, 0.4) is 0 Å². The highest BCUT2D eigenvalue weighted by Gasteiger charge is 2.24. The molecule has 1 fully saturated rings. The van der Waals surface area contributed by atoms with E-state index in [1.165, 1.54) is 0 Å². The van der Waals surface area contributed by atoms with Crippen molar-refractivity contribution in [2.45, 2.75) is 76.8 Å². The Kier molecular flexibility index (Phi) is 7.08. The molecule has 0 spiro atoms. The van der Waals surface area contributed by atoms with Crippen molar-refractivity contribution in [2.24, 2.45) is 0 Å². The molecule has 32 heavy (non-hydrogen) atoms. The van der Waals surface area contributed by atoms with Crippen molar-refractivity contribution in [2.75, 3.05) is 6.61 Å². The molecule has 3 heterocycles. The van der Waals surface area contributed by atoms with Crippen LogP contribution in [-0.2, 0) is 15.7 Å². The van der Waals surface area contributed by atoms with Crippen LogP contribution in [0, 0.1) is 0 Å². The van der Waals surface area contributed by atoms with E-state index in [-0.39, 0.29) is 17.0 Å². The highest BCUT2D eigenvalue weighted by atomic mass is 32.2. The van der Waals surface area contributed by atoms with Gasteiger partial charge < -0.3 is 4.74 Å². The largest absolute Gasteiger partial charge is 0.356 e. The molecule has 1 aliphatic rings. The van der Waals surface area contributed by atoms with E-state index in [2.05, 4.69) is 34.9 Å². The molecular weight excluding hydrogens is 420 g/mol. The Morgan fingerprint density at radius 2 is 2.09 bits per heavy atom. The Balaban J connectivity index is 1.65. The summed E-state index contributed by atoms with van der Waals surface area (Å²) in [5, 5.41) is 5.71. The van der Waals surface area contributed by atoms with Gasteiger partial charge in [0.25, 0.3) is 0 Å². The van der Waals surface area contributed by atoms with E-state index in [9.17, 15) is 4.21 Å². The summed E-state index contributed by atoms with van der Waals surface area (Å²) in [5.74, 6) is 0. The number of benzene rings is 1. The molecule has 1 aromatic carbocycles. The van der Waals surface area contributed by atoms with Gasteiger partial charge in [-0.3, -0.25) is 4.98 Å². The summed E-state index contributed by atoms with van der Waals surface area (Å²) in [6.45, 7) is 8.88. The molecule has 0 radical (unpaired) electrons. The summed E-state index contributed by atoms with van der Waals surface area (Å²) < 4.78 is 23.7. The summed E-state index contributed by atoms with van der Waals surface area (Å²) in [4.78, 5) is 4.97. The summed E-state index contributed by atoms with van der Waals surface area (Å²) >= 11 is 0. The van der Waals surface area contributed by atoms with Gasteiger partial charge in [-0.05, 0) is 64.7 Å². The molecule has 0 amide bonds. The Bertz CT molecular complexity index is 1080. The number of hydrogen-bond donors (Lipinski definition) is 1. The molecule has 1 unspecified atom stereocenters. The minimum absolute atomic E-state index is 0.00121. The third kappa shape index (κ3) is 5.11. The molecule has 4 rings (SSSR count). The zero-order chi connectivity index (χ0) is 22.7. The van der Waals surface area contributed by atoms with Gasteiger partial charge in [0.15, 0.2) is 6.23 Å². The highest BCUT2D eigenvalue weighted by molar-refractivity contribution is 7.84. The van der Waals surface area contributed by atoms with Crippen LogP contribution in [0.5, 0.6) is 0 Å². The van der Waals surface area contributed by atoms with E-state index in [1.54, 1.807) is 0 Å². The van der Waals surface area contributed by atoms with Gasteiger partial charge in [0.2, 0.25) is 0 Å². The Hall–Kier alpha value is -2.09. The van der Waals surface area contributed by atoms with Gasteiger partial charge in [0.1, 0.15) is 0 Å². The molecule has 0 bridgehead atoms. The van der Waals surface area contributed by atoms with Crippen LogP contribution in [0.4, 0.5) is 0 Å². The predicted molar refractivity (Wildman–Crippen MR) is 130 cm³/mol. The maximum atomic E-state index is 12.7. The van der Waals surface area contributed by atoms with Crippen molar-refractivity contribution in [1.82, 2.24) is 19.5 Å². The van der Waals surface area contributed by atoms with Gasteiger partial charge in [-0.15, -0.1) is 0 Å². The summed E-state index contributed by atoms with van der Waals surface area (Å²) in [7, 11) is -1.16. The van der Waals surface area contributed by atoms with Crippen LogP contribution in [-0.4, -0.2) is 30.3 Å². The van der Waals surface area contributed by atoms with Crippen LogP contribution in [0.2, 0.25) is 0 Å². The second-order valence-electron chi connectivity index (χ2n) is 9.47. The molecule has 172 valence electrons. The van der Waals surface area contributed by atoms with Crippen molar-refractivity contribution in [1.29, 1.82) is 0 Å². The number of rotatable bonds is 7. The lowest BCUT2D eigenvalue weighted by atomic mass is 10.1. The normalized spacial score (nSPS) is 19.2. The number of nitrogens with zero attached hydrogens (tertiary/aromatic N) is 3. The number of fused-ring (bicyclic) bond motifs is 1. The lowest BCUT2D eigenvalue weighted by Gasteiger charge is -2.24. The first-order valence-corrected chi connectivity index (χ1v) is 12.8. The quantitative estimate of drug-likeness (QED) is 0.498. The Labute approximate surface area is 193 Å². The maximum absolute atomic E-state index is 12.7. The van der Waals surface area contributed by atoms with Gasteiger partial charge in [-0.1, -0.05) is 31.5 Å². The lowest BCUT2D eigenvalue weighted by molar-refractivity contribution is -0.0366. The van der Waals surface area contributed by atoms with Crippen molar-refractivity contribution < 1.29 is 8.95 Å². The fourth-order valence-electron chi connectivity index (χ4n) is 4.01. The fourth-order valence-corrected chi connectivity index (χ4v) is 4.86. The van der Waals surface area contributed by atoms with Crippen LogP contribution in [0.15, 0.2) is 42.6 Å². The average molecular weight is 455 g/mol. The molecule has 6 nitrogen and oxygen atoms in total. The first-order valence-electron chi connectivity index (χ1n) is 11.6. The summed E-state index contributed by atoms with van der Waals surface area (Å²) in [6.07, 6.45) is 7.04. The molecular formula is C25H34N4O2S. The van der Waals surface area contributed by atoms with Gasteiger partial charge in [0, 0.05) is 17.6 Å².